The molecule has 1 amide bonds. The van der Waals surface area contributed by atoms with E-state index in [9.17, 15) is 9.90 Å². The van der Waals surface area contributed by atoms with E-state index in [2.05, 4.69) is 24.3 Å². The van der Waals surface area contributed by atoms with Gasteiger partial charge in [0, 0.05) is 13.0 Å². The van der Waals surface area contributed by atoms with Crippen LogP contribution in [0.4, 0.5) is 4.79 Å². The second-order valence-corrected chi connectivity index (χ2v) is 8.61. The number of aliphatic hydroxyl groups is 1. The van der Waals surface area contributed by atoms with Gasteiger partial charge in [-0.25, -0.2) is 4.79 Å². The van der Waals surface area contributed by atoms with E-state index in [1.807, 2.05) is 54.6 Å². The predicted octanol–water partition coefficient (Wildman–Crippen LogP) is 5.31. The van der Waals surface area contributed by atoms with Gasteiger partial charge in [-0.1, -0.05) is 78.9 Å². The second-order valence-electron chi connectivity index (χ2n) is 8.61. The number of hydrogen-bond donors (Lipinski definition) is 1. The summed E-state index contributed by atoms with van der Waals surface area (Å²) < 4.78 is 5.82. The molecule has 31 heavy (non-hydrogen) atoms. The van der Waals surface area contributed by atoms with E-state index in [0.29, 0.717) is 6.42 Å². The van der Waals surface area contributed by atoms with Crippen LogP contribution in [0, 0.1) is 0 Å². The van der Waals surface area contributed by atoms with Gasteiger partial charge in [0.25, 0.3) is 0 Å². The van der Waals surface area contributed by atoms with Crippen molar-refractivity contribution in [3.05, 3.63) is 95.6 Å². The standard InChI is InChI=1S/C27H27NO3/c1-28(25-16-9-17-27(25,30)19-10-3-2-4-11-19)26(29)31-18-24-22-14-7-5-12-20(22)21-13-6-8-15-23(21)24/h2-8,10-15,24-25,30H,9,16-18H2,1H3/t25-,27-/m1/s1. The molecule has 5 rings (SSSR count). The number of nitrogens with zero attached hydrogens (tertiary/aromatic N) is 1. The lowest BCUT2D eigenvalue weighted by molar-refractivity contribution is -0.0246. The van der Waals surface area contributed by atoms with Crippen molar-refractivity contribution >= 4 is 6.09 Å². The summed E-state index contributed by atoms with van der Waals surface area (Å²) in [5, 5.41) is 11.4. The molecule has 3 aromatic carbocycles. The number of carbonyl (C=O) groups excluding carboxylic acids is 1. The number of rotatable bonds is 4. The van der Waals surface area contributed by atoms with Gasteiger partial charge in [-0.3, -0.25) is 0 Å². The molecular weight excluding hydrogens is 386 g/mol. The third-order valence-electron chi connectivity index (χ3n) is 6.95. The van der Waals surface area contributed by atoms with E-state index < -0.39 is 5.60 Å². The van der Waals surface area contributed by atoms with E-state index in [1.165, 1.54) is 22.3 Å². The van der Waals surface area contributed by atoms with Gasteiger partial charge in [-0.15, -0.1) is 0 Å². The van der Waals surface area contributed by atoms with Gasteiger partial charge >= 0.3 is 6.09 Å². The Hall–Kier alpha value is -3.11. The lowest BCUT2D eigenvalue weighted by Crippen LogP contribution is -2.48. The summed E-state index contributed by atoms with van der Waals surface area (Å²) in [6.45, 7) is 0.285. The quantitative estimate of drug-likeness (QED) is 0.631. The number of amides is 1. The Morgan fingerprint density at radius 1 is 0.968 bits per heavy atom. The number of hydrogen-bond acceptors (Lipinski definition) is 3. The summed E-state index contributed by atoms with van der Waals surface area (Å²) in [5.74, 6) is 0.0290. The van der Waals surface area contributed by atoms with E-state index in [4.69, 9.17) is 4.74 Å². The Labute approximate surface area is 183 Å². The normalized spacial score (nSPS) is 22.1. The number of benzene rings is 3. The molecule has 1 fully saturated rings. The van der Waals surface area contributed by atoms with E-state index in [1.54, 1.807) is 11.9 Å². The number of likely N-dealkylation sites (N-methyl/N-ethyl adjacent to an activating group) is 1. The first-order valence-corrected chi connectivity index (χ1v) is 11.0. The molecular formula is C27H27NO3. The summed E-state index contributed by atoms with van der Waals surface area (Å²) in [7, 11) is 1.74. The Kier molecular flexibility index (Phi) is 5.03. The fraction of sp³-hybridized carbons (Fsp3) is 0.296. The van der Waals surface area contributed by atoms with E-state index >= 15 is 0 Å². The van der Waals surface area contributed by atoms with Crippen LogP contribution in [-0.4, -0.2) is 35.8 Å². The molecule has 0 bridgehead atoms. The molecule has 1 N–H and O–H groups in total. The van der Waals surface area contributed by atoms with E-state index in [-0.39, 0.29) is 24.7 Å². The van der Waals surface area contributed by atoms with Gasteiger partial charge in [-0.05, 0) is 47.1 Å². The molecule has 3 aromatic rings. The predicted molar refractivity (Wildman–Crippen MR) is 121 cm³/mol. The van der Waals surface area contributed by atoms with Gasteiger partial charge in [0.2, 0.25) is 0 Å². The minimum atomic E-state index is -1.04. The molecule has 2 atom stereocenters. The average Bonchev–Trinajstić information content (AvgIpc) is 3.36. The number of fused-ring (bicyclic) bond motifs is 3. The van der Waals surface area contributed by atoms with Gasteiger partial charge in [0.15, 0.2) is 0 Å². The SMILES string of the molecule is CN(C(=O)OCC1c2ccccc2-c2ccccc21)[C@@H]1CCC[C@@]1(O)c1ccccc1. The molecule has 0 radical (unpaired) electrons. The molecule has 0 spiro atoms. The smallest absolute Gasteiger partial charge is 0.409 e. The summed E-state index contributed by atoms with van der Waals surface area (Å²) in [6, 6.07) is 26.0. The highest BCUT2D eigenvalue weighted by molar-refractivity contribution is 5.79. The molecule has 4 heteroatoms. The van der Waals surface area contributed by atoms with Crippen molar-refractivity contribution in [1.82, 2.24) is 4.90 Å². The zero-order chi connectivity index (χ0) is 21.4. The summed E-state index contributed by atoms with van der Waals surface area (Å²) in [6.07, 6.45) is 1.88. The highest BCUT2D eigenvalue weighted by Gasteiger charge is 2.46. The molecule has 0 aromatic heterocycles. The molecule has 4 nitrogen and oxygen atoms in total. The summed E-state index contributed by atoms with van der Waals surface area (Å²) >= 11 is 0. The molecule has 2 aliphatic rings. The van der Waals surface area contributed by atoms with Gasteiger partial charge in [-0.2, -0.15) is 0 Å². The van der Waals surface area contributed by atoms with E-state index in [0.717, 1.165) is 18.4 Å². The first kappa shape index (κ1) is 19.8. The Morgan fingerprint density at radius 2 is 1.55 bits per heavy atom. The summed E-state index contributed by atoms with van der Waals surface area (Å²) in [5.41, 5.74) is 4.63. The number of ether oxygens (including phenoxy) is 1. The van der Waals surface area contributed by atoms with Crippen molar-refractivity contribution in [3.8, 4) is 11.1 Å². The van der Waals surface area contributed by atoms with Crippen molar-refractivity contribution in [3.63, 3.8) is 0 Å². The minimum Gasteiger partial charge on any atom is -0.448 e. The van der Waals surface area contributed by atoms with Crippen molar-refractivity contribution in [1.29, 1.82) is 0 Å². The van der Waals surface area contributed by atoms with Crippen molar-refractivity contribution in [2.45, 2.75) is 36.8 Å². The van der Waals surface area contributed by atoms with Crippen LogP contribution in [0.1, 0.15) is 41.9 Å². The third-order valence-corrected chi connectivity index (χ3v) is 6.95. The first-order valence-electron chi connectivity index (χ1n) is 11.0. The highest BCUT2D eigenvalue weighted by atomic mass is 16.6. The second kappa shape index (κ2) is 7.86. The zero-order valence-corrected chi connectivity index (χ0v) is 17.7. The van der Waals surface area contributed by atoms with Crippen molar-refractivity contribution in [2.75, 3.05) is 13.7 Å². The zero-order valence-electron chi connectivity index (χ0n) is 17.7. The van der Waals surface area contributed by atoms with Gasteiger partial charge in [0.05, 0.1) is 6.04 Å². The largest absolute Gasteiger partial charge is 0.448 e. The molecule has 0 heterocycles. The van der Waals surface area contributed by atoms with Gasteiger partial charge in [0.1, 0.15) is 12.2 Å². The van der Waals surface area contributed by atoms with Crippen LogP contribution in [0.25, 0.3) is 11.1 Å². The lowest BCUT2D eigenvalue weighted by atomic mass is 9.88. The molecule has 0 saturated heterocycles. The molecule has 158 valence electrons. The molecule has 0 unspecified atom stereocenters. The molecule has 0 aliphatic heterocycles. The molecule has 2 aliphatic carbocycles. The maximum absolute atomic E-state index is 13.0. The van der Waals surface area contributed by atoms with Crippen LogP contribution in [0.5, 0.6) is 0 Å². The lowest BCUT2D eigenvalue weighted by Gasteiger charge is -2.36. The maximum atomic E-state index is 13.0. The number of carbonyl (C=O) groups is 1. The first-order chi connectivity index (χ1) is 15.1. The minimum absolute atomic E-state index is 0.0290. The van der Waals surface area contributed by atoms with Crippen molar-refractivity contribution in [2.24, 2.45) is 0 Å². The van der Waals surface area contributed by atoms with Crippen LogP contribution in [0.3, 0.4) is 0 Å². The summed E-state index contributed by atoms with van der Waals surface area (Å²) in [4.78, 5) is 14.6. The van der Waals surface area contributed by atoms with Crippen LogP contribution >= 0.6 is 0 Å². The maximum Gasteiger partial charge on any atom is 0.409 e. The van der Waals surface area contributed by atoms with Crippen LogP contribution in [-0.2, 0) is 10.3 Å². The highest BCUT2D eigenvalue weighted by Crippen LogP contribution is 2.45. The average molecular weight is 414 g/mol. The van der Waals surface area contributed by atoms with Crippen LogP contribution in [0.15, 0.2) is 78.9 Å². The van der Waals surface area contributed by atoms with Gasteiger partial charge < -0.3 is 14.7 Å². The van der Waals surface area contributed by atoms with Crippen LogP contribution in [0.2, 0.25) is 0 Å². The van der Waals surface area contributed by atoms with Crippen molar-refractivity contribution < 1.29 is 14.6 Å². The molecule has 1 saturated carbocycles. The fourth-order valence-corrected chi connectivity index (χ4v) is 5.37. The monoisotopic (exact) mass is 413 g/mol. The Morgan fingerprint density at radius 3 is 2.19 bits per heavy atom. The van der Waals surface area contributed by atoms with Crippen LogP contribution < -0.4 is 0 Å². The Balaban J connectivity index is 1.33. The topological polar surface area (TPSA) is 49.8 Å². The Bertz CT molecular complexity index is 1050. The fourth-order valence-electron chi connectivity index (χ4n) is 5.37. The third kappa shape index (κ3) is 3.31.